The molecule has 1 aliphatic carbocycles. The van der Waals surface area contributed by atoms with E-state index in [-0.39, 0.29) is 0 Å². The minimum Gasteiger partial charge on any atom is -0.481 e. The number of nitrogens with two attached hydrogens (primary N) is 1. The van der Waals surface area contributed by atoms with Gasteiger partial charge in [-0.1, -0.05) is 58.1 Å². The van der Waals surface area contributed by atoms with Crippen LogP contribution in [0.3, 0.4) is 0 Å². The Morgan fingerprint density at radius 2 is 1.71 bits per heavy atom. The maximum atomic E-state index is 10.2. The number of allylic oxidation sites excluding steroid dienone is 1. The fourth-order valence-corrected chi connectivity index (χ4v) is 4.01. The number of aliphatic carboxylic acids is 1. The van der Waals surface area contributed by atoms with E-state index in [1.165, 1.54) is 55.9 Å². The molecule has 0 spiro atoms. The Morgan fingerprint density at radius 1 is 1.15 bits per heavy atom. The Hall–Kier alpha value is -2.76. The lowest BCUT2D eigenvalue weighted by Gasteiger charge is -2.15. The molecule has 1 aromatic rings. The van der Waals surface area contributed by atoms with Crippen LogP contribution in [0.15, 0.2) is 42.2 Å². The van der Waals surface area contributed by atoms with E-state index in [1.807, 2.05) is 14.1 Å². The number of hydrogen-bond donors (Lipinski definition) is 4. The zero-order valence-corrected chi connectivity index (χ0v) is 21.8. The predicted molar refractivity (Wildman–Crippen MR) is 149 cm³/mol. The van der Waals surface area contributed by atoms with Crippen LogP contribution in [0.5, 0.6) is 0 Å². The highest BCUT2D eigenvalue weighted by Crippen LogP contribution is 2.31. The van der Waals surface area contributed by atoms with E-state index in [0.717, 1.165) is 55.1 Å². The van der Waals surface area contributed by atoms with Crippen LogP contribution < -0.4 is 16.4 Å². The first kappa shape index (κ1) is 31.2. The number of rotatable bonds is 13. The van der Waals surface area contributed by atoms with Gasteiger partial charge in [0.25, 0.3) is 0 Å². The summed E-state index contributed by atoms with van der Waals surface area (Å²) in [4.78, 5) is 13.4. The molecular weight excluding hydrogens is 424 g/mol. The van der Waals surface area contributed by atoms with Gasteiger partial charge >= 0.3 is 5.97 Å². The van der Waals surface area contributed by atoms with Gasteiger partial charge in [-0.25, -0.2) is 0 Å². The lowest BCUT2D eigenvalue weighted by atomic mass is 9.94. The van der Waals surface area contributed by atoms with Crippen molar-refractivity contribution in [1.82, 2.24) is 5.32 Å². The highest BCUT2D eigenvalue weighted by atomic mass is 16.4. The molecule has 34 heavy (non-hydrogen) atoms. The highest BCUT2D eigenvalue weighted by Gasteiger charge is 2.16. The number of aryl methyl sites for hydroxylation is 1. The van der Waals surface area contributed by atoms with Gasteiger partial charge in [0.05, 0.1) is 11.4 Å². The van der Waals surface area contributed by atoms with Crippen molar-refractivity contribution in [3.05, 3.63) is 48.3 Å². The van der Waals surface area contributed by atoms with Gasteiger partial charge in [0.15, 0.2) is 0 Å². The Labute approximate surface area is 207 Å². The monoisotopic (exact) mass is 472 g/mol. The van der Waals surface area contributed by atoms with Crippen molar-refractivity contribution in [3.8, 4) is 0 Å². The first-order chi connectivity index (χ1) is 16.3. The number of benzene rings is 1. The average Bonchev–Trinajstić information content (AvgIpc) is 3.33. The summed E-state index contributed by atoms with van der Waals surface area (Å²) in [6.07, 6.45) is 14.9. The van der Waals surface area contributed by atoms with Crippen LogP contribution in [0.2, 0.25) is 0 Å². The molecule has 0 heterocycles. The quantitative estimate of drug-likeness (QED) is 0.145. The molecule has 1 aromatic carbocycles. The van der Waals surface area contributed by atoms with Crippen LogP contribution >= 0.6 is 0 Å². The largest absolute Gasteiger partial charge is 0.481 e. The number of carboxylic acid groups (broad SMARTS) is 1. The van der Waals surface area contributed by atoms with Crippen LogP contribution in [0, 0.1) is 12.8 Å². The second-order valence-corrected chi connectivity index (χ2v) is 8.85. The third kappa shape index (κ3) is 15.1. The van der Waals surface area contributed by atoms with Gasteiger partial charge in [-0.15, -0.1) is 0 Å². The smallest absolute Gasteiger partial charge is 0.303 e. The summed E-state index contributed by atoms with van der Waals surface area (Å²) in [5.74, 6) is 0.209. The van der Waals surface area contributed by atoms with Crippen molar-refractivity contribution in [2.24, 2.45) is 10.9 Å². The number of hydrogen-bond acceptors (Lipinski definition) is 5. The molecule has 5 N–H and O–H groups in total. The number of nitrogens with zero attached hydrogens (tertiary/aromatic N) is 1. The molecule has 1 fully saturated rings. The van der Waals surface area contributed by atoms with E-state index >= 15 is 0 Å². The van der Waals surface area contributed by atoms with Gasteiger partial charge in [0, 0.05) is 32.4 Å². The molecule has 6 nitrogen and oxygen atoms in total. The normalized spacial score (nSPS) is 12.4. The third-order valence-electron chi connectivity index (χ3n) is 6.11. The molecule has 0 aliphatic heterocycles. The summed E-state index contributed by atoms with van der Waals surface area (Å²) in [5.41, 5.74) is 11.8. The number of nitrogens with one attached hydrogen (secondary N) is 2. The van der Waals surface area contributed by atoms with Gasteiger partial charge in [-0.2, -0.15) is 0 Å². The lowest BCUT2D eigenvalue weighted by Crippen LogP contribution is -2.04. The summed E-state index contributed by atoms with van der Waals surface area (Å²) >= 11 is 0. The minimum absolute atomic E-state index is 0.309. The number of carbonyl (C=O) groups is 1. The Kier molecular flexibility index (Phi) is 18.1. The standard InChI is InChI=1S/C14H22N2.C11H21NO2.C3H5N/c1-10-7-13(15)14(16-2)9-12(10)8-11-5-3-4-6-11;1-10(12-2)8-6-4-3-5-7-9-11(13)14;1-3-4-2/h7,9,11,16H,3-6,8,15H2,1-2H3;12H,1,3-9H2,2H3,(H,13,14);3H,1-2H2. The van der Waals surface area contributed by atoms with Crippen molar-refractivity contribution in [3.63, 3.8) is 0 Å². The number of unbranched alkanes of at least 4 members (excludes halogenated alkanes) is 4. The zero-order valence-electron chi connectivity index (χ0n) is 21.8. The van der Waals surface area contributed by atoms with E-state index in [9.17, 15) is 4.79 Å². The van der Waals surface area contributed by atoms with Gasteiger partial charge in [-0.05, 0) is 68.5 Å². The number of nitrogen functional groups attached to an aromatic ring is 1. The summed E-state index contributed by atoms with van der Waals surface area (Å²) in [7, 11) is 3.82. The lowest BCUT2D eigenvalue weighted by molar-refractivity contribution is -0.137. The molecule has 6 heteroatoms. The number of aliphatic imine (C=N–C) groups is 1. The first-order valence-corrected chi connectivity index (χ1v) is 12.5. The van der Waals surface area contributed by atoms with Crippen molar-refractivity contribution in [2.45, 2.75) is 84.0 Å². The summed E-state index contributed by atoms with van der Waals surface area (Å²) in [6.45, 7) is 12.4. The van der Waals surface area contributed by atoms with Gasteiger partial charge in [0.2, 0.25) is 0 Å². The molecule has 0 bridgehead atoms. The van der Waals surface area contributed by atoms with Crippen molar-refractivity contribution < 1.29 is 9.90 Å². The SMILES string of the molecule is C=C(CCCCCCCC(=O)O)NC.C=CN=C.CNc1cc(CC2CCCC2)c(C)cc1N. The molecule has 0 atom stereocenters. The Bertz CT molecular complexity index is 734. The fraction of sp³-hybridized carbons (Fsp3) is 0.571. The van der Waals surface area contributed by atoms with Crippen molar-refractivity contribution in [1.29, 1.82) is 0 Å². The van der Waals surface area contributed by atoms with E-state index in [2.05, 4.69) is 54.6 Å². The van der Waals surface area contributed by atoms with Gasteiger partial charge in [0.1, 0.15) is 0 Å². The molecule has 0 aromatic heterocycles. The van der Waals surface area contributed by atoms with Gasteiger partial charge in [-0.3, -0.25) is 9.79 Å². The molecule has 0 saturated heterocycles. The second-order valence-electron chi connectivity index (χ2n) is 8.85. The first-order valence-electron chi connectivity index (χ1n) is 12.5. The van der Waals surface area contributed by atoms with Crippen LogP contribution in [-0.4, -0.2) is 31.9 Å². The molecule has 2 rings (SSSR count). The van der Waals surface area contributed by atoms with Crippen molar-refractivity contribution in [2.75, 3.05) is 25.1 Å². The van der Waals surface area contributed by atoms with Crippen LogP contribution in [-0.2, 0) is 11.2 Å². The van der Waals surface area contributed by atoms with E-state index in [4.69, 9.17) is 10.8 Å². The minimum atomic E-state index is -0.687. The topological polar surface area (TPSA) is 99.7 Å². The molecule has 0 radical (unpaired) electrons. The van der Waals surface area contributed by atoms with E-state index < -0.39 is 5.97 Å². The molecule has 1 aliphatic rings. The van der Waals surface area contributed by atoms with E-state index in [1.54, 1.807) is 0 Å². The van der Waals surface area contributed by atoms with Crippen LogP contribution in [0.4, 0.5) is 11.4 Å². The maximum absolute atomic E-state index is 10.2. The second kappa shape index (κ2) is 19.7. The molecule has 192 valence electrons. The molecular formula is C28H48N4O2. The van der Waals surface area contributed by atoms with Crippen LogP contribution in [0.1, 0.15) is 81.8 Å². The highest BCUT2D eigenvalue weighted by molar-refractivity contribution is 5.68. The van der Waals surface area contributed by atoms with Gasteiger partial charge < -0.3 is 21.5 Å². The average molecular weight is 473 g/mol. The van der Waals surface area contributed by atoms with E-state index in [0.29, 0.717) is 6.42 Å². The molecule has 0 unspecified atom stereocenters. The zero-order chi connectivity index (χ0) is 25.8. The maximum Gasteiger partial charge on any atom is 0.303 e. The number of anilines is 2. The Balaban J connectivity index is 0.000000559. The molecule has 1 saturated carbocycles. The van der Waals surface area contributed by atoms with Crippen LogP contribution in [0.25, 0.3) is 0 Å². The Morgan fingerprint density at radius 3 is 2.21 bits per heavy atom. The summed E-state index contributed by atoms with van der Waals surface area (Å²) in [5, 5.41) is 14.6. The third-order valence-corrected chi connectivity index (χ3v) is 6.11. The predicted octanol–water partition coefficient (Wildman–Crippen LogP) is 6.72. The molecule has 0 amide bonds. The summed E-state index contributed by atoms with van der Waals surface area (Å²) in [6, 6.07) is 4.32. The van der Waals surface area contributed by atoms with Crippen molar-refractivity contribution >= 4 is 24.1 Å². The number of carboxylic acids is 1. The fourth-order valence-electron chi connectivity index (χ4n) is 4.01. The summed E-state index contributed by atoms with van der Waals surface area (Å²) < 4.78 is 0.